The number of rotatable bonds is 1. The van der Waals surface area contributed by atoms with Gasteiger partial charge in [0.05, 0.1) is 12.5 Å². The van der Waals surface area contributed by atoms with Crippen molar-refractivity contribution in [3.8, 4) is 0 Å². The molecule has 0 aliphatic carbocycles. The van der Waals surface area contributed by atoms with E-state index in [2.05, 4.69) is 5.43 Å². The lowest BCUT2D eigenvalue weighted by Gasteiger charge is -2.10. The van der Waals surface area contributed by atoms with Gasteiger partial charge in [-0.25, -0.2) is 9.80 Å². The summed E-state index contributed by atoms with van der Waals surface area (Å²) in [6.45, 7) is 0.290. The molecular weight excluding hydrogens is 194 g/mol. The molecule has 1 aromatic carbocycles. The van der Waals surface area contributed by atoms with Gasteiger partial charge in [0.1, 0.15) is 0 Å². The molecule has 1 unspecified atom stereocenters. The van der Waals surface area contributed by atoms with Crippen LogP contribution in [0.3, 0.4) is 0 Å². The van der Waals surface area contributed by atoms with Crippen LogP contribution in [0.4, 0.5) is 4.79 Å². The Balaban J connectivity index is 2.19. The SMILES string of the molecule is NC(=O)N1CC(c2ccccc2)C(=O)N1. The highest BCUT2D eigenvalue weighted by Gasteiger charge is 2.33. The number of benzene rings is 1. The van der Waals surface area contributed by atoms with Crippen molar-refractivity contribution in [2.45, 2.75) is 5.92 Å². The fraction of sp³-hybridized carbons (Fsp3) is 0.200. The summed E-state index contributed by atoms with van der Waals surface area (Å²) >= 11 is 0. The highest BCUT2D eigenvalue weighted by atomic mass is 16.2. The second-order valence-corrected chi connectivity index (χ2v) is 3.39. The summed E-state index contributed by atoms with van der Waals surface area (Å²) in [5.41, 5.74) is 8.38. The van der Waals surface area contributed by atoms with Gasteiger partial charge >= 0.3 is 6.03 Å². The summed E-state index contributed by atoms with van der Waals surface area (Å²) in [4.78, 5) is 22.4. The molecule has 0 spiro atoms. The first-order valence-electron chi connectivity index (χ1n) is 4.61. The Kier molecular flexibility index (Phi) is 2.29. The van der Waals surface area contributed by atoms with E-state index in [1.165, 1.54) is 0 Å². The Hall–Kier alpha value is -2.04. The second-order valence-electron chi connectivity index (χ2n) is 3.39. The lowest BCUT2D eigenvalue weighted by atomic mass is 10.00. The number of nitrogens with two attached hydrogens (primary N) is 1. The van der Waals surface area contributed by atoms with Crippen LogP contribution in [0.1, 0.15) is 11.5 Å². The fourth-order valence-corrected chi connectivity index (χ4v) is 1.61. The molecule has 2 rings (SSSR count). The van der Waals surface area contributed by atoms with Crippen LogP contribution in [0.25, 0.3) is 0 Å². The number of nitrogens with zero attached hydrogens (tertiary/aromatic N) is 1. The third kappa shape index (κ3) is 1.76. The van der Waals surface area contributed by atoms with Crippen molar-refractivity contribution in [2.75, 3.05) is 6.54 Å². The zero-order valence-electron chi connectivity index (χ0n) is 8.01. The lowest BCUT2D eigenvalue weighted by Crippen LogP contribution is -2.41. The van der Waals surface area contributed by atoms with E-state index in [1.807, 2.05) is 30.3 Å². The van der Waals surface area contributed by atoms with E-state index in [0.717, 1.165) is 10.6 Å². The Labute approximate surface area is 86.8 Å². The average molecular weight is 205 g/mol. The number of amides is 3. The Morgan fingerprint density at radius 2 is 2.07 bits per heavy atom. The molecule has 1 heterocycles. The summed E-state index contributed by atoms with van der Waals surface area (Å²) in [6.07, 6.45) is 0. The molecule has 5 nitrogen and oxygen atoms in total. The fourth-order valence-electron chi connectivity index (χ4n) is 1.61. The van der Waals surface area contributed by atoms with Gasteiger partial charge in [0.2, 0.25) is 5.91 Å². The monoisotopic (exact) mass is 205 g/mol. The standard InChI is InChI=1S/C10H11N3O2/c11-10(15)13-6-8(9(14)12-13)7-4-2-1-3-5-7/h1-5,8H,6H2,(H2,11,15)(H,12,14). The summed E-state index contributed by atoms with van der Waals surface area (Å²) < 4.78 is 0. The third-order valence-electron chi connectivity index (χ3n) is 2.39. The topological polar surface area (TPSA) is 75.4 Å². The average Bonchev–Trinajstić information content (AvgIpc) is 2.62. The largest absolute Gasteiger partial charge is 0.350 e. The van der Waals surface area contributed by atoms with Crippen molar-refractivity contribution in [3.63, 3.8) is 0 Å². The summed E-state index contributed by atoms with van der Waals surface area (Å²) in [6, 6.07) is 8.67. The maximum atomic E-state index is 11.5. The van der Waals surface area contributed by atoms with Gasteiger partial charge in [-0.05, 0) is 5.56 Å². The zero-order chi connectivity index (χ0) is 10.8. The van der Waals surface area contributed by atoms with E-state index < -0.39 is 6.03 Å². The van der Waals surface area contributed by atoms with Gasteiger partial charge < -0.3 is 5.73 Å². The van der Waals surface area contributed by atoms with Crippen LogP contribution in [-0.4, -0.2) is 23.5 Å². The Morgan fingerprint density at radius 3 is 2.60 bits per heavy atom. The van der Waals surface area contributed by atoms with Crippen molar-refractivity contribution in [1.29, 1.82) is 0 Å². The number of carbonyl (C=O) groups excluding carboxylic acids is 2. The maximum Gasteiger partial charge on any atom is 0.333 e. The van der Waals surface area contributed by atoms with Gasteiger partial charge in [0, 0.05) is 0 Å². The van der Waals surface area contributed by atoms with Crippen LogP contribution in [0, 0.1) is 0 Å². The third-order valence-corrected chi connectivity index (χ3v) is 2.39. The Bertz CT molecular complexity index is 391. The number of hydrogen-bond donors (Lipinski definition) is 2. The number of nitrogens with one attached hydrogen (secondary N) is 1. The van der Waals surface area contributed by atoms with Gasteiger partial charge in [-0.3, -0.25) is 10.2 Å². The number of urea groups is 1. The van der Waals surface area contributed by atoms with Gasteiger partial charge in [0.15, 0.2) is 0 Å². The molecule has 1 atom stereocenters. The lowest BCUT2D eigenvalue weighted by molar-refractivity contribution is -0.121. The minimum absolute atomic E-state index is 0.194. The van der Waals surface area contributed by atoms with E-state index in [9.17, 15) is 9.59 Å². The van der Waals surface area contributed by atoms with Crippen molar-refractivity contribution < 1.29 is 9.59 Å². The zero-order valence-corrected chi connectivity index (χ0v) is 8.01. The van der Waals surface area contributed by atoms with Crippen molar-refractivity contribution in [1.82, 2.24) is 10.4 Å². The molecule has 78 valence electrons. The molecule has 1 aliphatic heterocycles. The molecule has 5 heteroatoms. The van der Waals surface area contributed by atoms with Crippen LogP contribution in [0.15, 0.2) is 30.3 Å². The molecule has 3 amide bonds. The summed E-state index contributed by atoms with van der Waals surface area (Å²) in [5, 5.41) is 1.12. The first kappa shape index (κ1) is 9.51. The van der Waals surface area contributed by atoms with Crippen LogP contribution < -0.4 is 11.2 Å². The highest BCUT2D eigenvalue weighted by molar-refractivity contribution is 5.89. The molecule has 15 heavy (non-hydrogen) atoms. The van der Waals surface area contributed by atoms with E-state index in [1.54, 1.807) is 0 Å². The molecule has 0 aromatic heterocycles. The van der Waals surface area contributed by atoms with Crippen LogP contribution in [0.5, 0.6) is 0 Å². The van der Waals surface area contributed by atoms with Crippen LogP contribution >= 0.6 is 0 Å². The molecule has 0 bridgehead atoms. The Morgan fingerprint density at radius 1 is 1.40 bits per heavy atom. The van der Waals surface area contributed by atoms with Crippen molar-refractivity contribution in [2.24, 2.45) is 5.73 Å². The first-order chi connectivity index (χ1) is 7.18. The predicted molar refractivity (Wildman–Crippen MR) is 53.6 cm³/mol. The number of hydrazine groups is 1. The first-order valence-corrected chi connectivity index (χ1v) is 4.61. The minimum Gasteiger partial charge on any atom is -0.350 e. The smallest absolute Gasteiger partial charge is 0.333 e. The van der Waals surface area contributed by atoms with E-state index >= 15 is 0 Å². The highest BCUT2D eigenvalue weighted by Crippen LogP contribution is 2.20. The number of hydrogen-bond acceptors (Lipinski definition) is 2. The molecule has 3 N–H and O–H groups in total. The van der Waals surface area contributed by atoms with Crippen molar-refractivity contribution in [3.05, 3.63) is 35.9 Å². The quantitative estimate of drug-likeness (QED) is 0.687. The van der Waals surface area contributed by atoms with E-state index in [0.29, 0.717) is 0 Å². The predicted octanol–water partition coefficient (Wildman–Crippen LogP) is 0.196. The van der Waals surface area contributed by atoms with Crippen molar-refractivity contribution >= 4 is 11.9 Å². The molecular formula is C10H11N3O2. The maximum absolute atomic E-state index is 11.5. The van der Waals surface area contributed by atoms with Gasteiger partial charge in [0.25, 0.3) is 0 Å². The van der Waals surface area contributed by atoms with Crippen LogP contribution in [-0.2, 0) is 4.79 Å². The summed E-state index contributed by atoms with van der Waals surface area (Å²) in [5.74, 6) is -0.515. The van der Waals surface area contributed by atoms with Gasteiger partial charge in [-0.1, -0.05) is 30.3 Å². The second kappa shape index (κ2) is 3.61. The molecule has 1 aliphatic rings. The van der Waals surface area contributed by atoms with Crippen LogP contribution in [0.2, 0.25) is 0 Å². The van der Waals surface area contributed by atoms with Gasteiger partial charge in [-0.2, -0.15) is 0 Å². The summed E-state index contributed by atoms with van der Waals surface area (Å²) in [7, 11) is 0. The number of primary amides is 1. The molecule has 1 saturated heterocycles. The van der Waals surface area contributed by atoms with E-state index in [4.69, 9.17) is 5.73 Å². The van der Waals surface area contributed by atoms with E-state index in [-0.39, 0.29) is 18.4 Å². The number of carbonyl (C=O) groups is 2. The molecule has 0 saturated carbocycles. The molecule has 1 fully saturated rings. The normalized spacial score (nSPS) is 20.1. The molecule has 0 radical (unpaired) electrons. The minimum atomic E-state index is -0.637. The molecule has 1 aromatic rings. The van der Waals surface area contributed by atoms with Gasteiger partial charge in [-0.15, -0.1) is 0 Å².